The van der Waals surface area contributed by atoms with E-state index in [4.69, 9.17) is 0 Å². The molecule has 1 rings (SSSR count). The molecule has 19 heavy (non-hydrogen) atoms. The highest BCUT2D eigenvalue weighted by Crippen LogP contribution is 2.25. The first-order chi connectivity index (χ1) is 8.79. The molecule has 0 saturated carbocycles. The van der Waals surface area contributed by atoms with Crippen molar-refractivity contribution in [2.45, 2.75) is 38.4 Å². The summed E-state index contributed by atoms with van der Waals surface area (Å²) in [5.74, 6) is -0.326. The Morgan fingerprint density at radius 3 is 2.53 bits per heavy atom. The predicted octanol–water partition coefficient (Wildman–Crippen LogP) is 4.97. The molecule has 1 atom stereocenters. The van der Waals surface area contributed by atoms with Crippen molar-refractivity contribution >= 4 is 15.9 Å². The quantitative estimate of drug-likeness (QED) is 0.568. The Balaban J connectivity index is 2.33. The van der Waals surface area contributed by atoms with Gasteiger partial charge in [0, 0.05) is 16.9 Å². The summed E-state index contributed by atoms with van der Waals surface area (Å²) in [6.45, 7) is 2.39. The number of unbranched alkanes of at least 4 members (excludes halogenated alkanes) is 1. The van der Waals surface area contributed by atoms with Crippen molar-refractivity contribution < 1.29 is 17.6 Å². The Labute approximate surface area is 118 Å². The lowest BCUT2D eigenvalue weighted by Crippen LogP contribution is -2.20. The summed E-state index contributed by atoms with van der Waals surface area (Å²) in [6, 6.07) is 4.35. The lowest BCUT2D eigenvalue weighted by Gasteiger charge is -2.16. The molecule has 0 heterocycles. The van der Waals surface area contributed by atoms with Crippen LogP contribution in [0.1, 0.15) is 37.8 Å². The van der Waals surface area contributed by atoms with Crippen LogP contribution in [-0.4, -0.2) is 12.7 Å². The van der Waals surface area contributed by atoms with Gasteiger partial charge < -0.3 is 5.32 Å². The minimum atomic E-state index is -4.08. The van der Waals surface area contributed by atoms with Crippen LogP contribution in [0.15, 0.2) is 22.7 Å². The summed E-state index contributed by atoms with van der Waals surface area (Å²) >= 11 is 3.27. The fourth-order valence-corrected chi connectivity index (χ4v) is 2.43. The smallest absolute Gasteiger partial charge is 0.310 e. The summed E-state index contributed by atoms with van der Waals surface area (Å²) in [5, 5.41) is 3.13. The molecule has 108 valence electrons. The first-order valence-corrected chi connectivity index (χ1v) is 6.84. The summed E-state index contributed by atoms with van der Waals surface area (Å²) in [7, 11) is 0. The maximum Gasteiger partial charge on any atom is 0.389 e. The molecule has 0 spiro atoms. The normalized spacial score (nSPS) is 13.6. The molecule has 0 saturated heterocycles. The third-order valence-corrected chi connectivity index (χ3v) is 3.45. The zero-order valence-corrected chi connectivity index (χ0v) is 12.1. The van der Waals surface area contributed by atoms with Crippen LogP contribution in [0.2, 0.25) is 0 Å². The maximum absolute atomic E-state index is 12.9. The van der Waals surface area contributed by atoms with Gasteiger partial charge in [0.05, 0.1) is 0 Å². The Bertz CT molecular complexity index is 406. The number of halogens is 5. The van der Waals surface area contributed by atoms with Gasteiger partial charge in [0.25, 0.3) is 0 Å². The molecule has 1 nitrogen and oxygen atoms in total. The van der Waals surface area contributed by atoms with E-state index in [1.165, 1.54) is 12.1 Å². The van der Waals surface area contributed by atoms with Crippen molar-refractivity contribution in [2.75, 3.05) is 6.54 Å². The molecule has 1 aromatic carbocycles. The van der Waals surface area contributed by atoms with Crippen LogP contribution in [0, 0.1) is 5.82 Å². The maximum atomic E-state index is 12.9. The molecule has 0 aliphatic heterocycles. The Morgan fingerprint density at radius 1 is 1.26 bits per heavy atom. The van der Waals surface area contributed by atoms with Crippen molar-refractivity contribution in [1.82, 2.24) is 5.32 Å². The van der Waals surface area contributed by atoms with Crippen molar-refractivity contribution in [3.05, 3.63) is 34.1 Å². The van der Waals surface area contributed by atoms with E-state index in [0.717, 1.165) is 5.56 Å². The SMILES string of the molecule is CC(NCCCCC(F)(F)F)c1ccc(F)cc1Br. The molecule has 6 heteroatoms. The van der Waals surface area contributed by atoms with Gasteiger partial charge in [-0.1, -0.05) is 22.0 Å². The second kappa shape index (κ2) is 7.24. The molecule has 0 radical (unpaired) electrons. The van der Waals surface area contributed by atoms with E-state index in [0.29, 0.717) is 17.4 Å². The molecule has 1 N–H and O–H groups in total. The number of hydrogen-bond acceptors (Lipinski definition) is 1. The Kier molecular flexibility index (Phi) is 6.26. The Hall–Kier alpha value is -0.620. The third kappa shape index (κ3) is 6.38. The Morgan fingerprint density at radius 2 is 1.95 bits per heavy atom. The van der Waals surface area contributed by atoms with Gasteiger partial charge in [-0.15, -0.1) is 0 Å². The minimum absolute atomic E-state index is 0.0409. The molecular formula is C13H16BrF4N. The van der Waals surface area contributed by atoms with E-state index >= 15 is 0 Å². The summed E-state index contributed by atoms with van der Waals surface area (Å²) in [6.07, 6.45) is -4.24. The highest BCUT2D eigenvalue weighted by Gasteiger charge is 2.25. The van der Waals surface area contributed by atoms with E-state index in [1.807, 2.05) is 6.92 Å². The standard InChI is InChI=1S/C13H16BrF4N/c1-9(11-5-4-10(15)8-12(11)14)19-7-3-2-6-13(16,17)18/h4-5,8-9,19H,2-3,6-7H2,1H3. The van der Waals surface area contributed by atoms with Gasteiger partial charge in [-0.2, -0.15) is 13.2 Å². The van der Waals surface area contributed by atoms with Gasteiger partial charge in [0.2, 0.25) is 0 Å². The van der Waals surface area contributed by atoms with Gasteiger partial charge in [-0.25, -0.2) is 4.39 Å². The van der Waals surface area contributed by atoms with Crippen LogP contribution >= 0.6 is 15.9 Å². The van der Waals surface area contributed by atoms with Gasteiger partial charge in [-0.05, 0) is 44.0 Å². The lowest BCUT2D eigenvalue weighted by molar-refractivity contribution is -0.135. The average molecular weight is 342 g/mol. The second-order valence-electron chi connectivity index (χ2n) is 4.41. The average Bonchev–Trinajstić information content (AvgIpc) is 2.26. The van der Waals surface area contributed by atoms with Crippen LogP contribution < -0.4 is 5.32 Å². The first kappa shape index (κ1) is 16.4. The lowest BCUT2D eigenvalue weighted by atomic mass is 10.1. The zero-order valence-electron chi connectivity index (χ0n) is 10.5. The van der Waals surface area contributed by atoms with Crippen molar-refractivity contribution in [3.8, 4) is 0 Å². The molecule has 0 aromatic heterocycles. The molecule has 0 bridgehead atoms. The highest BCUT2D eigenvalue weighted by molar-refractivity contribution is 9.10. The molecule has 1 unspecified atom stereocenters. The third-order valence-electron chi connectivity index (χ3n) is 2.77. The monoisotopic (exact) mass is 341 g/mol. The number of alkyl halides is 3. The van der Waals surface area contributed by atoms with E-state index in [9.17, 15) is 17.6 Å². The van der Waals surface area contributed by atoms with Gasteiger partial charge in [0.1, 0.15) is 5.82 Å². The van der Waals surface area contributed by atoms with Gasteiger partial charge in [0.15, 0.2) is 0 Å². The van der Waals surface area contributed by atoms with Crippen LogP contribution in [0.5, 0.6) is 0 Å². The van der Waals surface area contributed by atoms with Crippen LogP contribution in [0.4, 0.5) is 17.6 Å². The summed E-state index contributed by atoms with van der Waals surface area (Å²) < 4.78 is 49.4. The van der Waals surface area contributed by atoms with Gasteiger partial charge in [-0.3, -0.25) is 0 Å². The molecule has 0 aliphatic rings. The zero-order chi connectivity index (χ0) is 14.5. The van der Waals surface area contributed by atoms with Gasteiger partial charge >= 0.3 is 6.18 Å². The van der Waals surface area contributed by atoms with E-state index in [1.54, 1.807) is 6.07 Å². The van der Waals surface area contributed by atoms with Crippen molar-refractivity contribution in [3.63, 3.8) is 0 Å². The number of hydrogen-bond donors (Lipinski definition) is 1. The summed E-state index contributed by atoms with van der Waals surface area (Å²) in [4.78, 5) is 0. The van der Waals surface area contributed by atoms with Crippen LogP contribution in [0.3, 0.4) is 0 Å². The predicted molar refractivity (Wildman–Crippen MR) is 70.4 cm³/mol. The van der Waals surface area contributed by atoms with E-state index in [-0.39, 0.29) is 18.3 Å². The highest BCUT2D eigenvalue weighted by atomic mass is 79.9. The van der Waals surface area contributed by atoms with Crippen LogP contribution in [-0.2, 0) is 0 Å². The molecule has 0 aliphatic carbocycles. The topological polar surface area (TPSA) is 12.0 Å². The number of rotatable bonds is 6. The van der Waals surface area contributed by atoms with E-state index in [2.05, 4.69) is 21.2 Å². The largest absolute Gasteiger partial charge is 0.389 e. The van der Waals surface area contributed by atoms with Crippen LogP contribution in [0.25, 0.3) is 0 Å². The molecule has 0 amide bonds. The summed E-state index contributed by atoms with van der Waals surface area (Å²) in [5.41, 5.74) is 0.886. The number of benzene rings is 1. The second-order valence-corrected chi connectivity index (χ2v) is 5.27. The fraction of sp³-hybridized carbons (Fsp3) is 0.538. The fourth-order valence-electron chi connectivity index (χ4n) is 1.73. The molecule has 1 aromatic rings. The molecule has 0 fully saturated rings. The van der Waals surface area contributed by atoms with Crippen molar-refractivity contribution in [1.29, 1.82) is 0 Å². The van der Waals surface area contributed by atoms with Crippen molar-refractivity contribution in [2.24, 2.45) is 0 Å². The first-order valence-electron chi connectivity index (χ1n) is 6.04. The number of nitrogens with one attached hydrogen (secondary N) is 1. The molecular weight excluding hydrogens is 326 g/mol. The van der Waals surface area contributed by atoms with E-state index < -0.39 is 12.6 Å². The minimum Gasteiger partial charge on any atom is -0.310 e.